The lowest BCUT2D eigenvalue weighted by molar-refractivity contribution is -0.137. The first-order chi connectivity index (χ1) is 13.4. The van der Waals surface area contributed by atoms with Crippen LogP contribution in [0.15, 0.2) is 54.9 Å². The van der Waals surface area contributed by atoms with Crippen LogP contribution in [-0.4, -0.2) is 22.4 Å². The fraction of sp³-hybridized carbons (Fsp3) is 0.105. The summed E-state index contributed by atoms with van der Waals surface area (Å²) in [4.78, 5) is 19.8. The Morgan fingerprint density at radius 1 is 1.04 bits per heavy atom. The van der Waals surface area contributed by atoms with Gasteiger partial charge in [0.05, 0.1) is 23.5 Å². The van der Waals surface area contributed by atoms with Crippen molar-refractivity contribution in [3.05, 3.63) is 60.4 Å². The van der Waals surface area contributed by atoms with Crippen molar-refractivity contribution in [2.24, 2.45) is 0 Å². The zero-order chi connectivity index (χ0) is 19.7. The van der Waals surface area contributed by atoms with Crippen LogP contribution in [-0.2, 0) is 11.0 Å². The van der Waals surface area contributed by atoms with Crippen LogP contribution < -0.4 is 15.4 Å². The number of aromatic nitrogens is 2. The van der Waals surface area contributed by atoms with Crippen LogP contribution in [0.5, 0.6) is 11.6 Å². The molecule has 0 spiro atoms. The summed E-state index contributed by atoms with van der Waals surface area (Å²) in [5.74, 6) is 0.380. The van der Waals surface area contributed by atoms with Crippen LogP contribution in [0, 0.1) is 0 Å². The number of nitrogens with one attached hydrogen (secondary N) is 2. The largest absolute Gasteiger partial charge is 0.437 e. The topological polar surface area (TPSA) is 76.1 Å². The lowest BCUT2D eigenvalue weighted by Gasteiger charge is -2.21. The molecule has 1 amide bonds. The number of hydrogen-bond donors (Lipinski definition) is 2. The number of carbonyl (C=O) groups excluding carboxylic acids is 1. The van der Waals surface area contributed by atoms with E-state index in [1.807, 2.05) is 0 Å². The zero-order valence-electron chi connectivity index (χ0n) is 14.2. The van der Waals surface area contributed by atoms with E-state index in [4.69, 9.17) is 4.74 Å². The van der Waals surface area contributed by atoms with Crippen LogP contribution in [0.25, 0.3) is 11.3 Å². The van der Waals surface area contributed by atoms with Gasteiger partial charge in [-0.1, -0.05) is 18.2 Å². The third-order valence-corrected chi connectivity index (χ3v) is 4.09. The predicted octanol–water partition coefficient (Wildman–Crippen LogP) is 4.32. The molecule has 0 radical (unpaired) electrons. The first-order valence-corrected chi connectivity index (χ1v) is 8.24. The van der Waals surface area contributed by atoms with Crippen LogP contribution in [0.4, 0.5) is 24.5 Å². The molecule has 1 aliphatic heterocycles. The van der Waals surface area contributed by atoms with E-state index >= 15 is 0 Å². The second kappa shape index (κ2) is 6.84. The summed E-state index contributed by atoms with van der Waals surface area (Å²) in [6, 6.07) is 11.4. The average Bonchev–Trinajstić information content (AvgIpc) is 2.68. The summed E-state index contributed by atoms with van der Waals surface area (Å²) in [7, 11) is 0. The number of alkyl halides is 3. The first kappa shape index (κ1) is 17.8. The lowest BCUT2D eigenvalue weighted by atomic mass is 10.1. The maximum absolute atomic E-state index is 12.7. The molecule has 0 fully saturated rings. The molecule has 6 nitrogen and oxygen atoms in total. The number of anilines is 2. The highest BCUT2D eigenvalue weighted by Gasteiger charge is 2.30. The molecule has 0 saturated heterocycles. The van der Waals surface area contributed by atoms with Crippen molar-refractivity contribution in [2.75, 3.05) is 17.2 Å². The van der Waals surface area contributed by atoms with Gasteiger partial charge >= 0.3 is 6.18 Å². The highest BCUT2D eigenvalue weighted by atomic mass is 19.4. The molecule has 2 aromatic carbocycles. The Morgan fingerprint density at radius 2 is 1.82 bits per heavy atom. The molecule has 1 aromatic heterocycles. The van der Waals surface area contributed by atoms with Crippen molar-refractivity contribution in [1.29, 1.82) is 0 Å². The van der Waals surface area contributed by atoms with E-state index < -0.39 is 11.7 Å². The number of hydrogen-bond acceptors (Lipinski definition) is 5. The Labute approximate surface area is 157 Å². The van der Waals surface area contributed by atoms with Crippen LogP contribution in [0.1, 0.15) is 5.56 Å². The smallest absolute Gasteiger partial charge is 0.416 e. The minimum atomic E-state index is -4.40. The minimum absolute atomic E-state index is 0.169. The second-order valence-corrected chi connectivity index (χ2v) is 6.00. The van der Waals surface area contributed by atoms with E-state index in [2.05, 4.69) is 20.6 Å². The molecule has 0 aliphatic carbocycles. The van der Waals surface area contributed by atoms with E-state index in [0.29, 0.717) is 28.4 Å². The van der Waals surface area contributed by atoms with Crippen molar-refractivity contribution < 1.29 is 22.7 Å². The van der Waals surface area contributed by atoms with Crippen molar-refractivity contribution >= 4 is 17.3 Å². The number of para-hydroxylation sites is 1. The highest BCUT2D eigenvalue weighted by molar-refractivity contribution is 6.02. The van der Waals surface area contributed by atoms with Crippen molar-refractivity contribution in [3.8, 4) is 22.9 Å². The van der Waals surface area contributed by atoms with Gasteiger partial charge in [-0.25, -0.2) is 9.97 Å². The van der Waals surface area contributed by atoms with Crippen LogP contribution in [0.2, 0.25) is 0 Å². The van der Waals surface area contributed by atoms with Crippen LogP contribution in [0.3, 0.4) is 0 Å². The molecule has 4 rings (SSSR count). The van der Waals surface area contributed by atoms with Crippen molar-refractivity contribution in [3.63, 3.8) is 0 Å². The molecule has 2 heterocycles. The molecule has 0 saturated carbocycles. The Balaban J connectivity index is 1.61. The third-order valence-electron chi connectivity index (χ3n) is 4.09. The molecule has 0 bridgehead atoms. The molecular formula is C19H13F3N4O2. The standard InChI is InChI=1S/C19H13F3N4O2/c20-19(21,22)12-6-4-11(5-7-12)14-8-17(25-10-24-14)28-15-3-1-2-13-18(15)26-16(27)9-23-13/h1-8,10,23H,9H2,(H,26,27). The third kappa shape index (κ3) is 3.59. The quantitative estimate of drug-likeness (QED) is 0.701. The average molecular weight is 386 g/mol. The number of amides is 1. The fourth-order valence-corrected chi connectivity index (χ4v) is 2.75. The molecule has 1 aliphatic rings. The molecule has 0 unspecified atom stereocenters. The van der Waals surface area contributed by atoms with E-state index in [1.54, 1.807) is 18.2 Å². The summed E-state index contributed by atoms with van der Waals surface area (Å²) < 4.78 is 43.9. The zero-order valence-corrected chi connectivity index (χ0v) is 14.2. The monoisotopic (exact) mass is 386 g/mol. The van der Waals surface area contributed by atoms with Gasteiger partial charge in [-0.2, -0.15) is 13.2 Å². The summed E-state index contributed by atoms with van der Waals surface area (Å²) >= 11 is 0. The number of benzene rings is 2. The molecule has 28 heavy (non-hydrogen) atoms. The molecule has 3 aromatic rings. The summed E-state index contributed by atoms with van der Waals surface area (Å²) in [5, 5.41) is 5.72. The maximum Gasteiger partial charge on any atom is 0.416 e. The van der Waals surface area contributed by atoms with Gasteiger partial charge in [-0.15, -0.1) is 0 Å². The second-order valence-electron chi connectivity index (χ2n) is 6.00. The van der Waals surface area contributed by atoms with Gasteiger partial charge in [0.1, 0.15) is 12.0 Å². The SMILES string of the molecule is O=C1CNc2cccc(Oc3cc(-c4ccc(C(F)(F)F)cc4)ncn3)c2N1. The molecular weight excluding hydrogens is 373 g/mol. The molecule has 2 N–H and O–H groups in total. The number of carbonyl (C=O) groups is 1. The molecule has 142 valence electrons. The van der Waals surface area contributed by atoms with E-state index in [0.717, 1.165) is 12.1 Å². The normalized spacial score (nSPS) is 13.3. The maximum atomic E-state index is 12.7. The van der Waals surface area contributed by atoms with Crippen molar-refractivity contribution in [2.45, 2.75) is 6.18 Å². The Bertz CT molecular complexity index is 1040. The van der Waals surface area contributed by atoms with Gasteiger partial charge in [0.2, 0.25) is 11.8 Å². The number of rotatable bonds is 3. The fourth-order valence-electron chi connectivity index (χ4n) is 2.75. The van der Waals surface area contributed by atoms with E-state index in [1.165, 1.54) is 24.5 Å². The molecule has 9 heteroatoms. The number of halogens is 3. The molecule has 0 atom stereocenters. The Kier molecular flexibility index (Phi) is 4.34. The van der Waals surface area contributed by atoms with Gasteiger partial charge in [0, 0.05) is 11.6 Å². The number of nitrogens with zero attached hydrogens (tertiary/aromatic N) is 2. The minimum Gasteiger partial charge on any atom is -0.437 e. The van der Waals surface area contributed by atoms with Gasteiger partial charge in [-0.3, -0.25) is 4.79 Å². The van der Waals surface area contributed by atoms with E-state index in [-0.39, 0.29) is 18.3 Å². The first-order valence-electron chi connectivity index (χ1n) is 8.24. The number of fused-ring (bicyclic) bond motifs is 1. The van der Waals surface area contributed by atoms with Crippen LogP contribution >= 0.6 is 0 Å². The Morgan fingerprint density at radius 3 is 2.57 bits per heavy atom. The number of ether oxygens (including phenoxy) is 1. The predicted molar refractivity (Wildman–Crippen MR) is 96.1 cm³/mol. The highest BCUT2D eigenvalue weighted by Crippen LogP contribution is 2.37. The summed E-state index contributed by atoms with van der Waals surface area (Å²) in [6.45, 7) is 0.169. The van der Waals surface area contributed by atoms with Gasteiger partial charge in [0.15, 0.2) is 5.75 Å². The van der Waals surface area contributed by atoms with Gasteiger partial charge in [-0.05, 0) is 24.3 Å². The Hall–Kier alpha value is -3.62. The van der Waals surface area contributed by atoms with E-state index in [9.17, 15) is 18.0 Å². The van der Waals surface area contributed by atoms with Gasteiger partial charge in [0.25, 0.3) is 0 Å². The van der Waals surface area contributed by atoms with Crippen molar-refractivity contribution in [1.82, 2.24) is 9.97 Å². The summed E-state index contributed by atoms with van der Waals surface area (Å²) in [6.07, 6.45) is -3.14. The summed E-state index contributed by atoms with van der Waals surface area (Å²) in [5.41, 5.74) is 1.37. The lowest BCUT2D eigenvalue weighted by Crippen LogP contribution is -2.27. The van der Waals surface area contributed by atoms with Gasteiger partial charge < -0.3 is 15.4 Å².